The number of aromatic amines is 1. The van der Waals surface area contributed by atoms with Crippen LogP contribution < -0.4 is 4.74 Å². The van der Waals surface area contributed by atoms with Crippen LogP contribution in [0.1, 0.15) is 22.9 Å². The molecule has 7 nitrogen and oxygen atoms in total. The van der Waals surface area contributed by atoms with Crippen molar-refractivity contribution in [2.75, 3.05) is 26.2 Å². The molecule has 2 aromatic carbocycles. The van der Waals surface area contributed by atoms with E-state index in [-0.39, 0.29) is 0 Å². The van der Waals surface area contributed by atoms with Crippen LogP contribution in [-0.4, -0.2) is 57.0 Å². The standard InChI is InChI=1S/C27H28N4O3/c32-27(33)26(31-14-12-30(13-15-31)18-21-8-4-5-11-28-21)24-17-29-25-10-9-22(16-23(24)25)34-19-20-6-2-1-3-7-20/h1-11,16-17,26,29H,12-15,18-19H2,(H,32,33)/t26-/m1/s1. The van der Waals surface area contributed by atoms with Crippen molar-refractivity contribution in [2.24, 2.45) is 0 Å². The Morgan fingerprint density at radius 2 is 1.82 bits per heavy atom. The third-order valence-electron chi connectivity index (χ3n) is 6.35. The lowest BCUT2D eigenvalue weighted by molar-refractivity contribution is -0.144. The van der Waals surface area contributed by atoms with E-state index in [1.54, 1.807) is 6.20 Å². The number of carboxylic acids is 1. The summed E-state index contributed by atoms with van der Waals surface area (Å²) in [7, 11) is 0. The largest absolute Gasteiger partial charge is 0.489 e. The number of fused-ring (bicyclic) bond motifs is 1. The van der Waals surface area contributed by atoms with Crippen molar-refractivity contribution in [1.29, 1.82) is 0 Å². The maximum Gasteiger partial charge on any atom is 0.325 e. The molecule has 4 aromatic rings. The van der Waals surface area contributed by atoms with Crippen LogP contribution in [0.15, 0.2) is 79.1 Å². The molecule has 0 bridgehead atoms. The maximum absolute atomic E-state index is 12.4. The van der Waals surface area contributed by atoms with Crippen LogP contribution in [0.25, 0.3) is 10.9 Å². The smallest absolute Gasteiger partial charge is 0.325 e. The summed E-state index contributed by atoms with van der Waals surface area (Å²) in [4.78, 5) is 24.4. The third-order valence-corrected chi connectivity index (χ3v) is 6.35. The Morgan fingerprint density at radius 1 is 1.03 bits per heavy atom. The summed E-state index contributed by atoms with van der Waals surface area (Å²) in [6, 6.07) is 21.0. The molecular formula is C27H28N4O3. The first kappa shape index (κ1) is 22.1. The zero-order chi connectivity index (χ0) is 23.3. The number of pyridine rings is 1. The Hall–Kier alpha value is -3.68. The van der Waals surface area contributed by atoms with E-state index >= 15 is 0 Å². The van der Waals surface area contributed by atoms with Gasteiger partial charge in [0, 0.05) is 61.6 Å². The molecule has 0 unspecified atom stereocenters. The summed E-state index contributed by atoms with van der Waals surface area (Å²) in [5, 5.41) is 11.1. The Kier molecular flexibility index (Phi) is 6.56. The highest BCUT2D eigenvalue weighted by atomic mass is 16.5. The molecule has 7 heteroatoms. The second-order valence-corrected chi connectivity index (χ2v) is 8.60. The Morgan fingerprint density at radius 3 is 2.56 bits per heavy atom. The van der Waals surface area contributed by atoms with Crippen LogP contribution in [0.4, 0.5) is 0 Å². The molecule has 1 atom stereocenters. The summed E-state index contributed by atoms with van der Waals surface area (Å²) < 4.78 is 5.99. The van der Waals surface area contributed by atoms with E-state index in [1.165, 1.54) is 0 Å². The number of H-pyrrole nitrogens is 1. The highest BCUT2D eigenvalue weighted by molar-refractivity contribution is 5.90. The first-order valence-corrected chi connectivity index (χ1v) is 11.5. The van der Waals surface area contributed by atoms with Crippen molar-refractivity contribution in [3.05, 3.63) is 95.9 Å². The first-order chi connectivity index (χ1) is 16.7. The molecule has 1 aliphatic heterocycles. The number of aliphatic carboxylic acids is 1. The second kappa shape index (κ2) is 10.1. The van der Waals surface area contributed by atoms with Gasteiger partial charge in [0.05, 0.1) is 5.69 Å². The van der Waals surface area contributed by atoms with Gasteiger partial charge in [-0.15, -0.1) is 0 Å². The summed E-state index contributed by atoms with van der Waals surface area (Å²) in [5.74, 6) is -0.115. The highest BCUT2D eigenvalue weighted by Crippen LogP contribution is 2.32. The fraction of sp³-hybridized carbons (Fsp3) is 0.259. The number of nitrogens with one attached hydrogen (secondary N) is 1. The normalized spacial score (nSPS) is 15.9. The number of ether oxygens (including phenoxy) is 1. The zero-order valence-electron chi connectivity index (χ0n) is 18.9. The first-order valence-electron chi connectivity index (χ1n) is 11.5. The number of carboxylic acid groups (broad SMARTS) is 1. The minimum Gasteiger partial charge on any atom is -0.489 e. The minimum absolute atomic E-state index is 0.465. The molecule has 1 aliphatic rings. The lowest BCUT2D eigenvalue weighted by atomic mass is 10.0. The van der Waals surface area contributed by atoms with Crippen molar-refractivity contribution in [1.82, 2.24) is 19.8 Å². The van der Waals surface area contributed by atoms with Gasteiger partial charge >= 0.3 is 5.97 Å². The molecule has 0 aliphatic carbocycles. The molecule has 0 amide bonds. The van der Waals surface area contributed by atoms with Gasteiger partial charge in [-0.3, -0.25) is 19.6 Å². The minimum atomic E-state index is -0.838. The predicted octanol–water partition coefficient (Wildman–Crippen LogP) is 4.09. The SMILES string of the molecule is O=C(O)[C@@H](c1c[nH]c2ccc(OCc3ccccc3)cc12)N1CCN(Cc2ccccn2)CC1. The maximum atomic E-state index is 12.4. The number of carbonyl (C=O) groups is 1. The van der Waals surface area contributed by atoms with Crippen LogP contribution in [-0.2, 0) is 17.9 Å². The summed E-state index contributed by atoms with van der Waals surface area (Å²) in [5.41, 5.74) is 3.79. The molecule has 3 heterocycles. The van der Waals surface area contributed by atoms with E-state index in [0.717, 1.165) is 53.1 Å². The monoisotopic (exact) mass is 456 g/mol. The van der Waals surface area contributed by atoms with Crippen molar-refractivity contribution in [3.63, 3.8) is 0 Å². The van der Waals surface area contributed by atoms with Crippen LogP contribution in [0.2, 0.25) is 0 Å². The average molecular weight is 457 g/mol. The number of aromatic nitrogens is 2. The van der Waals surface area contributed by atoms with Gasteiger partial charge in [0.15, 0.2) is 0 Å². The van der Waals surface area contributed by atoms with Crippen LogP contribution >= 0.6 is 0 Å². The van der Waals surface area contributed by atoms with Gasteiger partial charge in [-0.2, -0.15) is 0 Å². The quantitative estimate of drug-likeness (QED) is 0.416. The van der Waals surface area contributed by atoms with E-state index in [1.807, 2.05) is 72.9 Å². The topological polar surface area (TPSA) is 81.7 Å². The van der Waals surface area contributed by atoms with E-state index < -0.39 is 12.0 Å². The fourth-order valence-electron chi connectivity index (χ4n) is 4.56. The number of rotatable bonds is 8. The van der Waals surface area contributed by atoms with Gasteiger partial charge in [-0.1, -0.05) is 36.4 Å². The lowest BCUT2D eigenvalue weighted by Crippen LogP contribution is -2.48. The molecule has 0 radical (unpaired) electrons. The van der Waals surface area contributed by atoms with Crippen molar-refractivity contribution < 1.29 is 14.6 Å². The van der Waals surface area contributed by atoms with Crippen LogP contribution in [0.5, 0.6) is 5.75 Å². The highest BCUT2D eigenvalue weighted by Gasteiger charge is 2.32. The molecular weight excluding hydrogens is 428 g/mol. The van der Waals surface area contributed by atoms with Crippen LogP contribution in [0, 0.1) is 0 Å². The number of hydrogen-bond acceptors (Lipinski definition) is 5. The van der Waals surface area contributed by atoms with Crippen LogP contribution in [0.3, 0.4) is 0 Å². The molecule has 2 N–H and O–H groups in total. The Labute approximate surface area is 198 Å². The molecule has 1 saturated heterocycles. The number of benzene rings is 2. The van der Waals surface area contributed by atoms with Gasteiger partial charge in [0.1, 0.15) is 18.4 Å². The molecule has 0 saturated carbocycles. The molecule has 174 valence electrons. The predicted molar refractivity (Wildman–Crippen MR) is 131 cm³/mol. The number of hydrogen-bond donors (Lipinski definition) is 2. The van der Waals surface area contributed by atoms with E-state index in [9.17, 15) is 9.90 Å². The van der Waals surface area contributed by atoms with Gasteiger partial charge < -0.3 is 14.8 Å². The number of piperazine rings is 1. The van der Waals surface area contributed by atoms with Gasteiger partial charge in [0.2, 0.25) is 0 Å². The van der Waals surface area contributed by atoms with E-state index in [4.69, 9.17) is 4.74 Å². The summed E-state index contributed by atoms with van der Waals surface area (Å²) in [6.07, 6.45) is 3.63. The molecule has 1 fully saturated rings. The lowest BCUT2D eigenvalue weighted by Gasteiger charge is -2.37. The van der Waals surface area contributed by atoms with Gasteiger partial charge in [-0.25, -0.2) is 0 Å². The van der Waals surface area contributed by atoms with E-state index in [0.29, 0.717) is 19.7 Å². The third kappa shape index (κ3) is 4.95. The molecule has 2 aromatic heterocycles. The fourth-order valence-corrected chi connectivity index (χ4v) is 4.56. The second-order valence-electron chi connectivity index (χ2n) is 8.60. The van der Waals surface area contributed by atoms with E-state index in [2.05, 4.69) is 19.8 Å². The number of nitrogens with zero attached hydrogens (tertiary/aromatic N) is 3. The van der Waals surface area contributed by atoms with Crippen molar-refractivity contribution in [3.8, 4) is 5.75 Å². The molecule has 0 spiro atoms. The van der Waals surface area contributed by atoms with Crippen molar-refractivity contribution >= 4 is 16.9 Å². The zero-order valence-corrected chi connectivity index (χ0v) is 18.9. The molecule has 34 heavy (non-hydrogen) atoms. The van der Waals surface area contributed by atoms with Gasteiger partial charge in [-0.05, 0) is 35.9 Å². The Balaban J connectivity index is 1.31. The summed E-state index contributed by atoms with van der Waals surface area (Å²) >= 11 is 0. The molecule has 5 rings (SSSR count). The Bertz CT molecular complexity index is 1230. The van der Waals surface area contributed by atoms with Crippen molar-refractivity contribution in [2.45, 2.75) is 19.2 Å². The van der Waals surface area contributed by atoms with Gasteiger partial charge in [0.25, 0.3) is 0 Å². The average Bonchev–Trinajstić information content (AvgIpc) is 3.28. The summed E-state index contributed by atoms with van der Waals surface area (Å²) in [6.45, 7) is 4.21.